The fourth-order valence-electron chi connectivity index (χ4n) is 1.32. The van der Waals surface area contributed by atoms with Gasteiger partial charge in [0.1, 0.15) is 7.05 Å². The fourth-order valence-corrected chi connectivity index (χ4v) is 1.32. The Morgan fingerprint density at radius 2 is 1.83 bits per heavy atom. The molecule has 0 aliphatic rings. The Hall–Kier alpha value is -1.44. The summed E-state index contributed by atoms with van der Waals surface area (Å²) in [4.78, 5) is 0. The molecule has 0 saturated heterocycles. The minimum Gasteiger partial charge on any atom is -0.169 e. The van der Waals surface area contributed by atoms with Crippen LogP contribution in [0.2, 0.25) is 0 Å². The number of hydrogen-bond donors (Lipinski definition) is 0. The van der Waals surface area contributed by atoms with E-state index in [1.807, 2.05) is 24.3 Å². The van der Waals surface area contributed by atoms with Gasteiger partial charge in [0.25, 0.3) is 0 Å². The summed E-state index contributed by atoms with van der Waals surface area (Å²) < 4.78 is 14.5. The number of fused-ring (bicyclic) bond motifs is 1. The van der Waals surface area contributed by atoms with Gasteiger partial charge in [-0.1, -0.05) is 12.1 Å². The fraction of sp³-hybridized carbons (Fsp3) is 0.100. The first kappa shape index (κ1) is 7.22. The van der Waals surface area contributed by atoms with Crippen molar-refractivity contribution in [3.63, 3.8) is 0 Å². The van der Waals surface area contributed by atoms with Crippen LogP contribution in [-0.4, -0.2) is 0 Å². The van der Waals surface area contributed by atoms with Gasteiger partial charge in [-0.2, -0.15) is 4.57 Å². The first-order valence-electron chi connectivity index (χ1n) is 3.82. The Morgan fingerprint density at radius 3 is 2.67 bits per heavy atom. The highest BCUT2D eigenvalue weighted by Gasteiger charge is 2.08. The molecule has 0 amide bonds. The zero-order valence-corrected chi connectivity index (χ0v) is 6.79. The molecule has 0 aliphatic heterocycles. The van der Waals surface area contributed by atoms with Crippen LogP contribution in [0.15, 0.2) is 36.4 Å². The number of halogens is 1. The Balaban J connectivity index is 2.91. The third kappa shape index (κ3) is 0.961. The van der Waals surface area contributed by atoms with Gasteiger partial charge in [0.15, 0.2) is 0 Å². The Labute approximate surface area is 70.1 Å². The molecular weight excluding hydrogens is 153 g/mol. The van der Waals surface area contributed by atoms with Crippen LogP contribution in [0.4, 0.5) is 4.39 Å². The first-order chi connectivity index (χ1) is 5.79. The number of pyridine rings is 1. The van der Waals surface area contributed by atoms with E-state index >= 15 is 0 Å². The number of benzene rings is 1. The van der Waals surface area contributed by atoms with E-state index < -0.39 is 0 Å². The number of aromatic nitrogens is 1. The van der Waals surface area contributed by atoms with Crippen LogP contribution in [0.3, 0.4) is 0 Å². The smallest absolute Gasteiger partial charge is 0.169 e. The molecule has 0 atom stereocenters. The molecule has 2 rings (SSSR count). The van der Waals surface area contributed by atoms with Gasteiger partial charge in [-0.05, 0) is 12.1 Å². The molecule has 1 aromatic carbocycles. The summed E-state index contributed by atoms with van der Waals surface area (Å²) in [6.07, 6.45) is 0. The summed E-state index contributed by atoms with van der Waals surface area (Å²) in [5, 5.41) is 1.06. The molecular formula is C10H9FN+. The van der Waals surface area contributed by atoms with Gasteiger partial charge in [-0.15, -0.1) is 4.39 Å². The van der Waals surface area contributed by atoms with Crippen molar-refractivity contribution in [1.29, 1.82) is 0 Å². The Kier molecular flexibility index (Phi) is 1.54. The lowest BCUT2D eigenvalue weighted by Gasteiger charge is -1.95. The number of para-hydroxylation sites is 1. The lowest BCUT2D eigenvalue weighted by atomic mass is 10.2. The lowest BCUT2D eigenvalue weighted by molar-refractivity contribution is -0.674. The van der Waals surface area contributed by atoms with Gasteiger partial charge in [-0.3, -0.25) is 0 Å². The summed E-state index contributed by atoms with van der Waals surface area (Å²) >= 11 is 0. The second-order valence-electron chi connectivity index (χ2n) is 2.77. The molecule has 0 saturated carbocycles. The molecule has 1 nitrogen and oxygen atoms in total. The molecule has 1 aromatic heterocycles. The highest BCUT2D eigenvalue weighted by Crippen LogP contribution is 2.08. The SMILES string of the molecule is C[n+]1c(F)ccc2ccccc21. The van der Waals surface area contributed by atoms with Crippen molar-refractivity contribution in [3.8, 4) is 0 Å². The molecule has 0 spiro atoms. The number of rotatable bonds is 0. The van der Waals surface area contributed by atoms with Crippen LogP contribution in [0.1, 0.15) is 0 Å². The monoisotopic (exact) mass is 162 g/mol. The van der Waals surface area contributed by atoms with Crippen LogP contribution in [-0.2, 0) is 7.05 Å². The Bertz CT molecular complexity index is 423. The Morgan fingerprint density at radius 1 is 1.08 bits per heavy atom. The van der Waals surface area contributed by atoms with E-state index in [0.717, 1.165) is 10.9 Å². The minimum absolute atomic E-state index is 0.214. The maximum atomic E-state index is 13.0. The van der Waals surface area contributed by atoms with Gasteiger partial charge < -0.3 is 0 Å². The largest absolute Gasteiger partial charge is 0.359 e. The standard InChI is InChI=1S/C10H9FN/c1-12-9-5-3-2-4-8(9)6-7-10(12)11/h2-7H,1H3/q+1. The van der Waals surface area contributed by atoms with E-state index in [1.165, 1.54) is 10.6 Å². The van der Waals surface area contributed by atoms with Crippen molar-refractivity contribution in [1.82, 2.24) is 0 Å². The molecule has 60 valence electrons. The highest BCUT2D eigenvalue weighted by atomic mass is 19.1. The highest BCUT2D eigenvalue weighted by molar-refractivity contribution is 5.74. The van der Waals surface area contributed by atoms with Crippen LogP contribution >= 0.6 is 0 Å². The molecule has 2 aromatic rings. The lowest BCUT2D eigenvalue weighted by Crippen LogP contribution is -2.33. The van der Waals surface area contributed by atoms with Crippen LogP contribution in [0.5, 0.6) is 0 Å². The van der Waals surface area contributed by atoms with E-state index in [1.54, 1.807) is 13.1 Å². The topological polar surface area (TPSA) is 3.88 Å². The van der Waals surface area contributed by atoms with Gasteiger partial charge >= 0.3 is 5.95 Å². The molecule has 0 fully saturated rings. The van der Waals surface area contributed by atoms with Gasteiger partial charge in [0.2, 0.25) is 5.52 Å². The first-order valence-corrected chi connectivity index (χ1v) is 3.82. The summed E-state index contributed by atoms with van der Waals surface area (Å²) in [5.41, 5.74) is 0.914. The maximum absolute atomic E-state index is 13.0. The predicted molar refractivity (Wildman–Crippen MR) is 45.1 cm³/mol. The summed E-state index contributed by atoms with van der Waals surface area (Å²) in [6, 6.07) is 11.0. The number of aryl methyl sites for hydroxylation is 1. The normalized spacial score (nSPS) is 10.5. The molecule has 0 bridgehead atoms. The summed E-state index contributed by atoms with van der Waals surface area (Å²) in [6.45, 7) is 0. The average Bonchev–Trinajstić information content (AvgIpc) is 2.12. The third-order valence-electron chi connectivity index (χ3n) is 2.02. The van der Waals surface area contributed by atoms with Crippen LogP contribution in [0, 0.1) is 5.95 Å². The molecule has 0 N–H and O–H groups in total. The zero-order valence-electron chi connectivity index (χ0n) is 6.79. The van der Waals surface area contributed by atoms with Crippen LogP contribution < -0.4 is 4.57 Å². The van der Waals surface area contributed by atoms with E-state index in [2.05, 4.69) is 0 Å². The van der Waals surface area contributed by atoms with Gasteiger partial charge in [-0.25, -0.2) is 0 Å². The van der Waals surface area contributed by atoms with Gasteiger partial charge in [0.05, 0.1) is 0 Å². The quantitative estimate of drug-likeness (QED) is 0.411. The predicted octanol–water partition coefficient (Wildman–Crippen LogP) is 1.80. The summed E-state index contributed by atoms with van der Waals surface area (Å²) in [7, 11) is 1.72. The van der Waals surface area contributed by atoms with E-state index in [-0.39, 0.29) is 5.95 Å². The van der Waals surface area contributed by atoms with Crippen molar-refractivity contribution in [3.05, 3.63) is 42.3 Å². The molecule has 12 heavy (non-hydrogen) atoms. The second kappa shape index (κ2) is 2.55. The number of hydrogen-bond acceptors (Lipinski definition) is 0. The van der Waals surface area contributed by atoms with E-state index in [4.69, 9.17) is 0 Å². The van der Waals surface area contributed by atoms with Crippen molar-refractivity contribution >= 4 is 10.9 Å². The van der Waals surface area contributed by atoms with E-state index in [9.17, 15) is 4.39 Å². The van der Waals surface area contributed by atoms with E-state index in [0.29, 0.717) is 0 Å². The van der Waals surface area contributed by atoms with Gasteiger partial charge in [0, 0.05) is 17.5 Å². The van der Waals surface area contributed by atoms with Crippen molar-refractivity contribution < 1.29 is 8.96 Å². The third-order valence-corrected chi connectivity index (χ3v) is 2.02. The van der Waals surface area contributed by atoms with Crippen molar-refractivity contribution in [2.45, 2.75) is 0 Å². The van der Waals surface area contributed by atoms with Crippen molar-refractivity contribution in [2.75, 3.05) is 0 Å². The zero-order chi connectivity index (χ0) is 8.55. The molecule has 0 aliphatic carbocycles. The molecule has 0 radical (unpaired) electrons. The van der Waals surface area contributed by atoms with Crippen molar-refractivity contribution in [2.24, 2.45) is 7.05 Å². The summed E-state index contributed by atoms with van der Waals surface area (Å²) in [5.74, 6) is -0.214. The molecule has 0 unspecified atom stereocenters. The maximum Gasteiger partial charge on any atom is 0.359 e. The second-order valence-corrected chi connectivity index (χ2v) is 2.77. The molecule has 2 heteroatoms. The van der Waals surface area contributed by atoms with Crippen LogP contribution in [0.25, 0.3) is 10.9 Å². The number of nitrogens with zero attached hydrogens (tertiary/aromatic N) is 1. The molecule has 1 heterocycles. The minimum atomic E-state index is -0.214. The average molecular weight is 162 g/mol.